The number of fused-ring (bicyclic) bond motifs is 3. The zero-order valence-electron chi connectivity index (χ0n) is 21.0. The lowest BCUT2D eigenvalue weighted by molar-refractivity contribution is -0.142. The molecule has 0 saturated carbocycles. The standard InChI is InChI=1S/C29H24O10/c1-34-21-13-17(6-10-20(21)31)26-23(15-36-24(32)11-5-16-3-8-19(30)9-4-16)37-29-27-18(7-12-25(33)38-27)14-22(35-2)28(29)39-26/h3-14,23,26,30-31H,15H2,1-2H3/b11-5+/t23-,26-/m1/s1. The molecular weight excluding hydrogens is 508 g/mol. The predicted molar refractivity (Wildman–Crippen MR) is 140 cm³/mol. The Morgan fingerprint density at radius 1 is 0.923 bits per heavy atom. The van der Waals surface area contributed by atoms with Crippen LogP contribution in [-0.4, -0.2) is 43.1 Å². The Bertz CT molecular complexity index is 1600. The molecule has 3 aromatic carbocycles. The highest BCUT2D eigenvalue weighted by atomic mass is 16.6. The minimum Gasteiger partial charge on any atom is -0.508 e. The van der Waals surface area contributed by atoms with E-state index in [9.17, 15) is 19.8 Å². The van der Waals surface area contributed by atoms with Crippen LogP contribution in [0.25, 0.3) is 17.0 Å². The van der Waals surface area contributed by atoms with Crippen LogP contribution in [0.4, 0.5) is 0 Å². The Kier molecular flexibility index (Phi) is 7.00. The van der Waals surface area contributed by atoms with Crippen LogP contribution in [0, 0.1) is 0 Å². The van der Waals surface area contributed by atoms with Gasteiger partial charge in [-0.2, -0.15) is 0 Å². The molecule has 0 saturated heterocycles. The lowest BCUT2D eigenvalue weighted by atomic mass is 10.0. The fourth-order valence-corrected chi connectivity index (χ4v) is 4.16. The first-order valence-electron chi connectivity index (χ1n) is 11.8. The van der Waals surface area contributed by atoms with Gasteiger partial charge in [-0.1, -0.05) is 18.2 Å². The van der Waals surface area contributed by atoms with Crippen LogP contribution in [0.2, 0.25) is 0 Å². The summed E-state index contributed by atoms with van der Waals surface area (Å²) in [6, 6.07) is 15.5. The zero-order chi connectivity index (χ0) is 27.5. The summed E-state index contributed by atoms with van der Waals surface area (Å²) < 4.78 is 34.3. The lowest BCUT2D eigenvalue weighted by Gasteiger charge is -2.34. The number of ether oxygens (including phenoxy) is 5. The summed E-state index contributed by atoms with van der Waals surface area (Å²) in [5.41, 5.74) is 0.834. The molecule has 5 rings (SSSR count). The highest BCUT2D eigenvalue weighted by molar-refractivity contribution is 5.89. The van der Waals surface area contributed by atoms with Crippen molar-refractivity contribution in [3.8, 4) is 34.5 Å². The molecule has 0 spiro atoms. The first-order chi connectivity index (χ1) is 18.9. The largest absolute Gasteiger partial charge is 0.508 e. The number of phenols is 2. The molecule has 1 aromatic heterocycles. The Balaban J connectivity index is 1.49. The van der Waals surface area contributed by atoms with Crippen molar-refractivity contribution in [2.45, 2.75) is 12.2 Å². The van der Waals surface area contributed by atoms with Crippen molar-refractivity contribution in [1.29, 1.82) is 0 Å². The normalized spacial score (nSPS) is 16.3. The molecule has 0 aliphatic carbocycles. The Labute approximate surface area is 222 Å². The summed E-state index contributed by atoms with van der Waals surface area (Å²) in [5.74, 6) is 0.296. The number of hydrogen-bond acceptors (Lipinski definition) is 10. The number of hydrogen-bond donors (Lipinski definition) is 2. The molecule has 0 unspecified atom stereocenters. The molecule has 0 radical (unpaired) electrons. The first-order valence-corrected chi connectivity index (χ1v) is 11.8. The lowest BCUT2D eigenvalue weighted by Crippen LogP contribution is -2.37. The van der Waals surface area contributed by atoms with E-state index in [1.54, 1.807) is 42.5 Å². The van der Waals surface area contributed by atoms with E-state index >= 15 is 0 Å². The van der Waals surface area contributed by atoms with E-state index in [0.717, 1.165) is 0 Å². The summed E-state index contributed by atoms with van der Waals surface area (Å²) in [7, 11) is 2.89. The number of carbonyl (C=O) groups excluding carboxylic acids is 1. The zero-order valence-corrected chi connectivity index (χ0v) is 21.0. The van der Waals surface area contributed by atoms with Crippen molar-refractivity contribution < 1.29 is 43.1 Å². The molecule has 4 aromatic rings. The molecule has 0 bridgehead atoms. The third-order valence-corrected chi connectivity index (χ3v) is 6.09. The van der Waals surface area contributed by atoms with Crippen LogP contribution in [0.1, 0.15) is 17.2 Å². The Morgan fingerprint density at radius 2 is 1.69 bits per heavy atom. The van der Waals surface area contributed by atoms with Gasteiger partial charge < -0.3 is 38.3 Å². The summed E-state index contributed by atoms with van der Waals surface area (Å²) >= 11 is 0. The summed E-state index contributed by atoms with van der Waals surface area (Å²) in [5, 5.41) is 20.0. The van der Waals surface area contributed by atoms with E-state index in [0.29, 0.717) is 22.3 Å². The maximum atomic E-state index is 12.5. The summed E-state index contributed by atoms with van der Waals surface area (Å²) in [6.45, 7) is -0.234. The summed E-state index contributed by atoms with van der Waals surface area (Å²) in [6.07, 6.45) is 1.08. The summed E-state index contributed by atoms with van der Waals surface area (Å²) in [4.78, 5) is 24.5. The van der Waals surface area contributed by atoms with Gasteiger partial charge >= 0.3 is 11.6 Å². The number of methoxy groups -OCH3 is 2. The van der Waals surface area contributed by atoms with Crippen LogP contribution in [0.3, 0.4) is 0 Å². The van der Waals surface area contributed by atoms with Crippen LogP contribution in [-0.2, 0) is 9.53 Å². The van der Waals surface area contributed by atoms with Crippen molar-refractivity contribution in [2.24, 2.45) is 0 Å². The molecule has 2 heterocycles. The highest BCUT2D eigenvalue weighted by Crippen LogP contribution is 2.50. The van der Waals surface area contributed by atoms with E-state index in [-0.39, 0.29) is 40.9 Å². The fourth-order valence-electron chi connectivity index (χ4n) is 4.16. The van der Waals surface area contributed by atoms with Crippen molar-refractivity contribution in [1.82, 2.24) is 0 Å². The number of esters is 1. The van der Waals surface area contributed by atoms with Gasteiger partial charge in [0.1, 0.15) is 12.4 Å². The van der Waals surface area contributed by atoms with Crippen LogP contribution >= 0.6 is 0 Å². The predicted octanol–water partition coefficient (Wildman–Crippen LogP) is 4.36. The minimum atomic E-state index is -0.890. The van der Waals surface area contributed by atoms with Gasteiger partial charge in [0.25, 0.3) is 0 Å². The second-order valence-corrected chi connectivity index (χ2v) is 8.59. The van der Waals surface area contributed by atoms with Gasteiger partial charge in [-0.15, -0.1) is 0 Å². The molecule has 0 amide bonds. The van der Waals surface area contributed by atoms with Gasteiger partial charge in [0.05, 0.1) is 14.2 Å². The van der Waals surface area contributed by atoms with Crippen molar-refractivity contribution in [3.63, 3.8) is 0 Å². The molecular formula is C29H24O10. The SMILES string of the molecule is COc1cc([C@H]2Oc3c(OC)cc4ccc(=O)oc4c3O[C@@H]2COC(=O)/C=C/c2ccc(O)cc2)ccc1O. The molecule has 0 fully saturated rings. The molecule has 1 aliphatic rings. The third-order valence-electron chi connectivity index (χ3n) is 6.09. The average Bonchev–Trinajstić information content (AvgIpc) is 2.95. The second-order valence-electron chi connectivity index (χ2n) is 8.59. The van der Waals surface area contributed by atoms with Gasteiger partial charge in [-0.3, -0.25) is 0 Å². The van der Waals surface area contributed by atoms with Gasteiger partial charge in [0, 0.05) is 23.1 Å². The number of rotatable bonds is 7. The van der Waals surface area contributed by atoms with E-state index in [1.807, 2.05) is 0 Å². The molecule has 2 atom stereocenters. The molecule has 10 heteroatoms. The Morgan fingerprint density at radius 3 is 2.44 bits per heavy atom. The second kappa shape index (κ2) is 10.7. The van der Waals surface area contributed by atoms with Gasteiger partial charge in [0.2, 0.25) is 11.5 Å². The number of aromatic hydroxyl groups is 2. The third kappa shape index (κ3) is 5.30. The van der Waals surface area contributed by atoms with Gasteiger partial charge in [-0.25, -0.2) is 9.59 Å². The molecule has 200 valence electrons. The van der Waals surface area contributed by atoms with Gasteiger partial charge in [0.15, 0.2) is 35.0 Å². The molecule has 39 heavy (non-hydrogen) atoms. The van der Waals surface area contributed by atoms with E-state index in [4.69, 9.17) is 28.1 Å². The molecule has 2 N–H and O–H groups in total. The minimum absolute atomic E-state index is 0.0638. The fraction of sp³-hybridized carbons (Fsp3) is 0.172. The quantitative estimate of drug-likeness (QED) is 0.201. The molecule has 1 aliphatic heterocycles. The highest BCUT2D eigenvalue weighted by Gasteiger charge is 2.38. The van der Waals surface area contributed by atoms with Crippen molar-refractivity contribution >= 4 is 23.0 Å². The topological polar surface area (TPSA) is 134 Å². The number of carbonyl (C=O) groups is 1. The van der Waals surface area contributed by atoms with Gasteiger partial charge in [-0.05, 0) is 48.0 Å². The smallest absolute Gasteiger partial charge is 0.336 e. The maximum absolute atomic E-state index is 12.5. The number of phenolic OH excluding ortho intramolecular Hbond substituents is 2. The Hall–Kier alpha value is -5.12. The van der Waals surface area contributed by atoms with E-state index in [2.05, 4.69) is 0 Å². The van der Waals surface area contributed by atoms with Crippen LogP contribution in [0.15, 0.2) is 76.0 Å². The number of benzene rings is 3. The average molecular weight is 533 g/mol. The maximum Gasteiger partial charge on any atom is 0.336 e. The molecule has 10 nitrogen and oxygen atoms in total. The van der Waals surface area contributed by atoms with Crippen LogP contribution in [0.5, 0.6) is 34.5 Å². The van der Waals surface area contributed by atoms with Crippen LogP contribution < -0.4 is 24.6 Å². The van der Waals surface area contributed by atoms with E-state index in [1.165, 1.54) is 44.6 Å². The van der Waals surface area contributed by atoms with Crippen molar-refractivity contribution in [3.05, 3.63) is 88.3 Å². The first kappa shape index (κ1) is 25.5. The van der Waals surface area contributed by atoms with E-state index < -0.39 is 23.8 Å². The van der Waals surface area contributed by atoms with Crippen molar-refractivity contribution in [2.75, 3.05) is 20.8 Å². The monoisotopic (exact) mass is 532 g/mol.